The minimum Gasteiger partial charge on any atom is -1.00 e. The van der Waals surface area contributed by atoms with Crippen molar-refractivity contribution in [2.45, 2.75) is 11.9 Å². The van der Waals surface area contributed by atoms with Gasteiger partial charge in [0, 0.05) is 6.07 Å². The van der Waals surface area contributed by atoms with Crippen molar-refractivity contribution in [2.24, 2.45) is 7.05 Å². The summed E-state index contributed by atoms with van der Waals surface area (Å²) in [5, 5.41) is 0.0183. The van der Waals surface area contributed by atoms with Crippen LogP contribution in [-0.4, -0.2) is 4.68 Å². The zero-order valence-electron chi connectivity index (χ0n) is 9.05. The van der Waals surface area contributed by atoms with E-state index in [9.17, 15) is 0 Å². The predicted octanol–water partition coefficient (Wildman–Crippen LogP) is -0.703. The van der Waals surface area contributed by atoms with E-state index in [2.05, 4.69) is 16.8 Å². The van der Waals surface area contributed by atoms with Gasteiger partial charge in [-0.2, -0.15) is 4.68 Å². The van der Waals surface area contributed by atoms with Gasteiger partial charge in [-0.05, 0) is 5.56 Å². The highest BCUT2D eigenvalue weighted by Crippen LogP contribution is 2.21. The number of alkyl halides is 1. The minimum absolute atomic E-state index is 0. The fourth-order valence-electron chi connectivity index (χ4n) is 1.57. The predicted molar refractivity (Wildman–Crippen MR) is 60.6 cm³/mol. The Kier molecular flexibility index (Phi) is 5.03. The summed E-state index contributed by atoms with van der Waals surface area (Å²) in [5.41, 5.74) is 1.16. The van der Waals surface area contributed by atoms with Crippen LogP contribution in [0.25, 0.3) is 0 Å². The Morgan fingerprint density at radius 2 is 1.94 bits per heavy atom. The molecule has 2 rings (SSSR count). The number of hydrogen-bond donors (Lipinski definition) is 0. The molecule has 0 fully saturated rings. The Morgan fingerprint density at radius 1 is 1.25 bits per heavy atom. The van der Waals surface area contributed by atoms with Gasteiger partial charge in [0.1, 0.15) is 0 Å². The maximum atomic E-state index is 6.34. The van der Waals surface area contributed by atoms with Gasteiger partial charge in [-0.15, -0.1) is 16.3 Å². The topological polar surface area (TPSA) is 8.81 Å². The highest BCUT2D eigenvalue weighted by molar-refractivity contribution is 6.20. The monoisotopic (exact) mass is 300 g/mol. The van der Waals surface area contributed by atoms with E-state index in [-0.39, 0.29) is 22.4 Å². The van der Waals surface area contributed by atoms with Crippen LogP contribution in [0, 0.1) is 0 Å². The van der Waals surface area contributed by atoms with Gasteiger partial charge in [0.2, 0.25) is 0 Å². The fourth-order valence-corrected chi connectivity index (χ4v) is 1.86. The standard InChI is InChI=1S/C12H14ClN2.BrH/c1-14-8-5-9-15(14)10-12(13)11-6-3-2-4-7-11;/h2-9,12H,10H2,1H3;1H/q+1;/p-1. The van der Waals surface area contributed by atoms with Crippen molar-refractivity contribution in [1.29, 1.82) is 0 Å². The average molecular weight is 302 g/mol. The van der Waals surface area contributed by atoms with Gasteiger partial charge in [0.25, 0.3) is 0 Å². The number of rotatable bonds is 3. The van der Waals surface area contributed by atoms with Gasteiger partial charge in [-0.1, -0.05) is 30.3 Å². The molecule has 0 saturated heterocycles. The number of halogens is 2. The zero-order valence-corrected chi connectivity index (χ0v) is 11.4. The van der Waals surface area contributed by atoms with Crippen molar-refractivity contribution in [1.82, 2.24) is 4.68 Å². The first-order chi connectivity index (χ1) is 7.27. The molecule has 1 atom stereocenters. The van der Waals surface area contributed by atoms with Crippen LogP contribution in [0.4, 0.5) is 0 Å². The second kappa shape index (κ2) is 6.06. The number of benzene rings is 1. The molecule has 1 unspecified atom stereocenters. The number of hydrogen-bond acceptors (Lipinski definition) is 0. The van der Waals surface area contributed by atoms with Crippen molar-refractivity contribution < 1.29 is 21.7 Å². The summed E-state index contributed by atoms with van der Waals surface area (Å²) in [5.74, 6) is 0. The number of nitrogens with zero attached hydrogens (tertiary/aromatic N) is 2. The molecule has 2 nitrogen and oxygen atoms in total. The fraction of sp³-hybridized carbons (Fsp3) is 0.250. The van der Waals surface area contributed by atoms with Gasteiger partial charge in [-0.25, -0.2) is 0 Å². The lowest BCUT2D eigenvalue weighted by molar-refractivity contribution is -0.753. The quantitative estimate of drug-likeness (QED) is 0.524. The summed E-state index contributed by atoms with van der Waals surface area (Å²) in [7, 11) is 2.01. The molecule has 2 aromatic rings. The highest BCUT2D eigenvalue weighted by Gasteiger charge is 2.11. The van der Waals surface area contributed by atoms with Crippen LogP contribution >= 0.6 is 11.6 Å². The van der Waals surface area contributed by atoms with Gasteiger partial charge in [0.15, 0.2) is 13.2 Å². The first-order valence-electron chi connectivity index (χ1n) is 4.97. The van der Waals surface area contributed by atoms with E-state index < -0.39 is 0 Å². The summed E-state index contributed by atoms with van der Waals surface area (Å²) in [4.78, 5) is 0. The first kappa shape index (κ1) is 13.3. The van der Waals surface area contributed by atoms with Crippen LogP contribution in [0.1, 0.15) is 10.9 Å². The highest BCUT2D eigenvalue weighted by atomic mass is 79.9. The van der Waals surface area contributed by atoms with Crippen molar-refractivity contribution in [3.05, 3.63) is 54.4 Å². The second-order valence-electron chi connectivity index (χ2n) is 3.56. The molecule has 1 aromatic carbocycles. The largest absolute Gasteiger partial charge is 1.00 e. The van der Waals surface area contributed by atoms with Crippen LogP contribution in [-0.2, 0) is 13.6 Å². The maximum Gasteiger partial charge on any atom is 0.195 e. The molecule has 0 aliphatic heterocycles. The normalized spacial score (nSPS) is 11.9. The van der Waals surface area contributed by atoms with Gasteiger partial charge in [0.05, 0.1) is 18.1 Å². The maximum absolute atomic E-state index is 6.34. The summed E-state index contributed by atoms with van der Waals surface area (Å²) in [6.07, 6.45) is 4.03. The molecule has 4 heteroatoms. The zero-order chi connectivity index (χ0) is 10.7. The third-order valence-electron chi connectivity index (χ3n) is 2.47. The third-order valence-corrected chi connectivity index (χ3v) is 2.86. The van der Waals surface area contributed by atoms with Crippen LogP contribution in [0.15, 0.2) is 48.8 Å². The minimum atomic E-state index is 0. The summed E-state index contributed by atoms with van der Waals surface area (Å²) >= 11 is 6.34. The number of aryl methyl sites for hydroxylation is 1. The third kappa shape index (κ3) is 3.09. The molecule has 0 aliphatic rings. The van der Waals surface area contributed by atoms with Gasteiger partial charge >= 0.3 is 0 Å². The molecule has 0 N–H and O–H groups in total. The van der Waals surface area contributed by atoms with E-state index in [0.717, 1.165) is 12.1 Å². The molecular weight excluding hydrogens is 288 g/mol. The Morgan fingerprint density at radius 3 is 2.50 bits per heavy atom. The Hall–Kier alpha value is -0.800. The first-order valence-corrected chi connectivity index (χ1v) is 5.41. The van der Waals surface area contributed by atoms with E-state index >= 15 is 0 Å². The van der Waals surface area contributed by atoms with Gasteiger partial charge < -0.3 is 17.0 Å². The molecule has 1 aromatic heterocycles. The molecule has 0 spiro atoms. The SMILES string of the molecule is C[n+]1cccn1CC(Cl)c1ccccc1.[Br-]. The molecule has 0 radical (unpaired) electrons. The summed E-state index contributed by atoms with van der Waals surface area (Å²) in [6.45, 7) is 0.787. The average Bonchev–Trinajstić information content (AvgIpc) is 2.66. The van der Waals surface area contributed by atoms with Crippen LogP contribution in [0.2, 0.25) is 0 Å². The van der Waals surface area contributed by atoms with Crippen molar-refractivity contribution in [3.63, 3.8) is 0 Å². The van der Waals surface area contributed by atoms with Crippen LogP contribution < -0.4 is 21.7 Å². The molecule has 16 heavy (non-hydrogen) atoms. The van der Waals surface area contributed by atoms with Crippen LogP contribution in [0.3, 0.4) is 0 Å². The van der Waals surface area contributed by atoms with Crippen LogP contribution in [0.5, 0.6) is 0 Å². The Balaban J connectivity index is 0.00000128. The van der Waals surface area contributed by atoms with E-state index in [4.69, 9.17) is 11.6 Å². The summed E-state index contributed by atoms with van der Waals surface area (Å²) in [6, 6.07) is 12.2. The van der Waals surface area contributed by atoms with E-state index in [1.54, 1.807) is 0 Å². The lowest BCUT2D eigenvalue weighted by Gasteiger charge is -2.08. The van der Waals surface area contributed by atoms with E-state index in [1.807, 2.05) is 48.4 Å². The molecule has 0 saturated carbocycles. The van der Waals surface area contributed by atoms with E-state index in [1.165, 1.54) is 0 Å². The van der Waals surface area contributed by atoms with E-state index in [0.29, 0.717) is 0 Å². The molecular formula is C12H14BrClN2. The Labute approximate surface area is 111 Å². The molecule has 0 amide bonds. The van der Waals surface area contributed by atoms with Crippen molar-refractivity contribution in [3.8, 4) is 0 Å². The number of aromatic nitrogens is 2. The Bertz CT molecular complexity index is 428. The lowest BCUT2D eigenvalue weighted by atomic mass is 10.1. The second-order valence-corrected chi connectivity index (χ2v) is 4.09. The van der Waals surface area contributed by atoms with Gasteiger partial charge in [-0.3, -0.25) is 0 Å². The molecule has 1 heterocycles. The smallest absolute Gasteiger partial charge is 0.195 e. The van der Waals surface area contributed by atoms with Crippen molar-refractivity contribution >= 4 is 11.6 Å². The molecule has 0 bridgehead atoms. The lowest BCUT2D eigenvalue weighted by Crippen LogP contribution is -3.00. The molecule has 86 valence electrons. The molecule has 0 aliphatic carbocycles. The van der Waals surface area contributed by atoms with Crippen molar-refractivity contribution in [2.75, 3.05) is 0 Å². The summed E-state index contributed by atoms with van der Waals surface area (Å²) < 4.78 is 4.11.